The molecule has 2 heterocycles. The summed E-state index contributed by atoms with van der Waals surface area (Å²) < 4.78 is 1.70. The van der Waals surface area contributed by atoms with Gasteiger partial charge in [0.25, 0.3) is 0 Å². The third kappa shape index (κ3) is 3.68. The van der Waals surface area contributed by atoms with Crippen LogP contribution in [0.4, 0.5) is 5.69 Å². The number of carbonyl (C=O) groups excluding carboxylic acids is 2. The van der Waals surface area contributed by atoms with Crippen LogP contribution < -0.4 is 4.90 Å². The zero-order chi connectivity index (χ0) is 22.2. The zero-order valence-corrected chi connectivity index (χ0v) is 18.4. The SMILES string of the molecule is CC(c1ccc(-n2cncn2)cc1)N(C)C(=O)C1CC(=O)N(c2ccc3c(c2)CCC3)C1. The molecule has 2 amide bonds. The minimum absolute atomic E-state index is 0.00913. The molecule has 1 aromatic heterocycles. The van der Waals surface area contributed by atoms with Crippen molar-refractivity contribution in [1.82, 2.24) is 19.7 Å². The van der Waals surface area contributed by atoms with E-state index in [-0.39, 0.29) is 30.2 Å². The van der Waals surface area contributed by atoms with Crippen molar-refractivity contribution in [2.45, 2.75) is 38.6 Å². The number of aryl methyl sites for hydroxylation is 2. The van der Waals surface area contributed by atoms with Crippen LogP contribution in [0.25, 0.3) is 5.69 Å². The van der Waals surface area contributed by atoms with Gasteiger partial charge in [-0.2, -0.15) is 5.10 Å². The van der Waals surface area contributed by atoms with E-state index in [1.807, 2.05) is 44.3 Å². The first-order valence-electron chi connectivity index (χ1n) is 11.1. The number of fused-ring (bicyclic) bond motifs is 1. The number of aromatic nitrogens is 3. The summed E-state index contributed by atoms with van der Waals surface area (Å²) in [5, 5.41) is 4.14. The third-order valence-corrected chi connectivity index (χ3v) is 6.86. The average molecular weight is 430 g/mol. The van der Waals surface area contributed by atoms with Gasteiger partial charge in [-0.3, -0.25) is 9.59 Å². The fraction of sp³-hybridized carbons (Fsp3) is 0.360. The monoisotopic (exact) mass is 429 g/mol. The summed E-state index contributed by atoms with van der Waals surface area (Å²) in [4.78, 5) is 33.5. The van der Waals surface area contributed by atoms with Gasteiger partial charge in [0.2, 0.25) is 11.8 Å². The van der Waals surface area contributed by atoms with Crippen molar-refractivity contribution in [1.29, 1.82) is 0 Å². The molecule has 2 atom stereocenters. The molecule has 1 saturated heterocycles. The Hall–Kier alpha value is -3.48. The molecule has 3 aromatic rings. The Balaban J connectivity index is 1.27. The minimum atomic E-state index is -0.322. The molecule has 0 bridgehead atoms. The smallest absolute Gasteiger partial charge is 0.228 e. The molecule has 2 unspecified atom stereocenters. The molecule has 32 heavy (non-hydrogen) atoms. The Bertz CT molecular complexity index is 1140. The molecule has 0 spiro atoms. The number of hydrogen-bond acceptors (Lipinski definition) is 4. The summed E-state index contributed by atoms with van der Waals surface area (Å²) in [6.07, 6.45) is 6.78. The lowest BCUT2D eigenvalue weighted by molar-refractivity contribution is -0.136. The van der Waals surface area contributed by atoms with E-state index in [2.05, 4.69) is 22.2 Å². The highest BCUT2D eigenvalue weighted by molar-refractivity contribution is 6.00. The van der Waals surface area contributed by atoms with E-state index >= 15 is 0 Å². The molecular weight excluding hydrogens is 402 g/mol. The maximum Gasteiger partial charge on any atom is 0.228 e. The second-order valence-electron chi connectivity index (χ2n) is 8.77. The first-order chi connectivity index (χ1) is 15.5. The predicted molar refractivity (Wildman–Crippen MR) is 121 cm³/mol. The van der Waals surface area contributed by atoms with Crippen LogP contribution in [0.3, 0.4) is 0 Å². The van der Waals surface area contributed by atoms with Crippen LogP contribution in [0.1, 0.15) is 42.5 Å². The van der Waals surface area contributed by atoms with Gasteiger partial charge in [-0.1, -0.05) is 18.2 Å². The lowest BCUT2D eigenvalue weighted by Gasteiger charge is -2.28. The van der Waals surface area contributed by atoms with Crippen LogP contribution in [0.5, 0.6) is 0 Å². The first-order valence-corrected chi connectivity index (χ1v) is 11.1. The highest BCUT2D eigenvalue weighted by atomic mass is 16.2. The lowest BCUT2D eigenvalue weighted by atomic mass is 10.0. The Kier molecular flexibility index (Phi) is 5.25. The summed E-state index contributed by atoms with van der Waals surface area (Å²) in [6, 6.07) is 14.1. The number of carbonyl (C=O) groups is 2. The molecule has 1 aliphatic carbocycles. The van der Waals surface area contributed by atoms with Gasteiger partial charge in [0, 0.05) is 25.7 Å². The molecule has 2 aromatic carbocycles. The number of anilines is 1. The zero-order valence-electron chi connectivity index (χ0n) is 18.4. The van der Waals surface area contributed by atoms with Gasteiger partial charge in [-0.25, -0.2) is 9.67 Å². The molecule has 164 valence electrons. The molecular formula is C25H27N5O2. The van der Waals surface area contributed by atoms with Crippen LogP contribution in [0, 0.1) is 5.92 Å². The molecule has 0 radical (unpaired) electrons. The molecule has 1 fully saturated rings. The van der Waals surface area contributed by atoms with Gasteiger partial charge in [0.1, 0.15) is 12.7 Å². The second-order valence-corrected chi connectivity index (χ2v) is 8.77. The van der Waals surface area contributed by atoms with E-state index in [1.165, 1.54) is 23.9 Å². The van der Waals surface area contributed by atoms with Gasteiger partial charge in [-0.15, -0.1) is 0 Å². The fourth-order valence-corrected chi connectivity index (χ4v) is 4.80. The Labute approximate surface area is 187 Å². The molecule has 0 N–H and O–H groups in total. The van der Waals surface area contributed by atoms with Gasteiger partial charge >= 0.3 is 0 Å². The molecule has 7 heteroatoms. The Morgan fingerprint density at radius 1 is 1.09 bits per heavy atom. The summed E-state index contributed by atoms with van der Waals surface area (Å²) in [7, 11) is 1.82. The second kappa shape index (κ2) is 8.22. The van der Waals surface area contributed by atoms with Crippen molar-refractivity contribution in [3.05, 3.63) is 71.8 Å². The number of rotatable bonds is 5. The quantitative estimate of drug-likeness (QED) is 0.624. The van der Waals surface area contributed by atoms with Crippen LogP contribution in [0.2, 0.25) is 0 Å². The third-order valence-electron chi connectivity index (χ3n) is 6.86. The number of amides is 2. The topological polar surface area (TPSA) is 71.3 Å². The summed E-state index contributed by atoms with van der Waals surface area (Å²) in [6.45, 7) is 2.45. The van der Waals surface area contributed by atoms with Crippen LogP contribution in [0.15, 0.2) is 55.1 Å². The van der Waals surface area contributed by atoms with Crippen molar-refractivity contribution < 1.29 is 9.59 Å². The minimum Gasteiger partial charge on any atom is -0.339 e. The predicted octanol–water partition coefficient (Wildman–Crippen LogP) is 3.33. The molecule has 0 saturated carbocycles. The van der Waals surface area contributed by atoms with E-state index in [1.54, 1.807) is 20.8 Å². The Morgan fingerprint density at radius 3 is 2.59 bits per heavy atom. The fourth-order valence-electron chi connectivity index (χ4n) is 4.80. The van der Waals surface area contributed by atoms with E-state index in [4.69, 9.17) is 0 Å². The molecule has 7 nitrogen and oxygen atoms in total. The van der Waals surface area contributed by atoms with Crippen molar-refractivity contribution >= 4 is 17.5 Å². The number of benzene rings is 2. The lowest BCUT2D eigenvalue weighted by Crippen LogP contribution is -2.36. The van der Waals surface area contributed by atoms with Crippen LogP contribution in [-0.4, -0.2) is 45.1 Å². The van der Waals surface area contributed by atoms with E-state index in [9.17, 15) is 9.59 Å². The van der Waals surface area contributed by atoms with Crippen molar-refractivity contribution in [2.24, 2.45) is 5.92 Å². The first kappa shape index (κ1) is 20.4. The largest absolute Gasteiger partial charge is 0.339 e. The van der Waals surface area contributed by atoms with Gasteiger partial charge < -0.3 is 9.80 Å². The normalized spacial score (nSPS) is 18.6. The molecule has 2 aliphatic rings. The van der Waals surface area contributed by atoms with Crippen molar-refractivity contribution in [3.63, 3.8) is 0 Å². The maximum atomic E-state index is 13.2. The highest BCUT2D eigenvalue weighted by Gasteiger charge is 2.37. The van der Waals surface area contributed by atoms with Crippen LogP contribution >= 0.6 is 0 Å². The standard InChI is InChI=1S/C25H27N5O2/c1-17(18-6-9-22(10-7-18)30-16-26-15-27-30)28(2)25(32)21-13-24(31)29(14-21)23-11-8-19-4-3-5-20(19)12-23/h6-12,15-17,21H,3-5,13-14H2,1-2H3. The van der Waals surface area contributed by atoms with E-state index < -0.39 is 0 Å². The maximum absolute atomic E-state index is 13.2. The summed E-state index contributed by atoms with van der Waals surface area (Å²) in [5.74, 6) is -0.285. The van der Waals surface area contributed by atoms with E-state index in [0.29, 0.717) is 6.54 Å². The number of nitrogens with zero attached hydrogens (tertiary/aromatic N) is 5. The summed E-state index contributed by atoms with van der Waals surface area (Å²) in [5.41, 5.74) is 5.59. The van der Waals surface area contributed by atoms with Gasteiger partial charge in [0.15, 0.2) is 0 Å². The highest BCUT2D eigenvalue weighted by Crippen LogP contribution is 2.32. The Morgan fingerprint density at radius 2 is 1.84 bits per heavy atom. The van der Waals surface area contributed by atoms with Gasteiger partial charge in [-0.05, 0) is 67.1 Å². The summed E-state index contributed by atoms with van der Waals surface area (Å²) >= 11 is 0. The van der Waals surface area contributed by atoms with Crippen LogP contribution in [-0.2, 0) is 22.4 Å². The average Bonchev–Trinajstić information content (AvgIpc) is 3.58. The van der Waals surface area contributed by atoms with Gasteiger partial charge in [0.05, 0.1) is 17.6 Å². The molecule has 5 rings (SSSR count). The number of hydrogen-bond donors (Lipinski definition) is 0. The van der Waals surface area contributed by atoms with E-state index in [0.717, 1.165) is 29.8 Å². The van der Waals surface area contributed by atoms with Crippen molar-refractivity contribution in [2.75, 3.05) is 18.5 Å². The van der Waals surface area contributed by atoms with Crippen molar-refractivity contribution in [3.8, 4) is 5.69 Å². The molecule has 1 aliphatic heterocycles.